The average Bonchev–Trinajstić information content (AvgIpc) is 2.60. The maximum Gasteiger partial charge on any atom is 0.165 e. The third kappa shape index (κ3) is 3.84. The molecule has 2 nitrogen and oxygen atoms in total. The topological polar surface area (TPSA) is 29.5 Å². The Labute approximate surface area is 154 Å². The van der Waals surface area contributed by atoms with E-state index in [0.717, 1.165) is 17.0 Å². The van der Waals surface area contributed by atoms with Crippen molar-refractivity contribution in [2.45, 2.75) is 22.7 Å². The minimum Gasteiger partial charge on any atom is -0.490 e. The summed E-state index contributed by atoms with van der Waals surface area (Å²) in [6.07, 6.45) is 1.18. The third-order valence-corrected chi connectivity index (χ3v) is 5.80. The molecule has 0 saturated heterocycles. The second-order valence-corrected chi connectivity index (χ2v) is 7.48. The molecule has 1 heterocycles. The van der Waals surface area contributed by atoms with E-state index in [0.29, 0.717) is 11.4 Å². The lowest BCUT2D eigenvalue weighted by Gasteiger charge is -2.36. The second kappa shape index (κ2) is 7.77. The highest BCUT2D eigenvalue weighted by Crippen LogP contribution is 2.50. The summed E-state index contributed by atoms with van der Waals surface area (Å²) in [5, 5.41) is 10.6. The Bertz CT molecular complexity index is 767. The number of rotatable bonds is 5. The molecule has 3 atom stereocenters. The van der Waals surface area contributed by atoms with Crippen molar-refractivity contribution in [2.75, 3.05) is 6.61 Å². The number of ether oxygens (including phenoxy) is 1. The van der Waals surface area contributed by atoms with Gasteiger partial charge >= 0.3 is 0 Å². The molecule has 0 fully saturated rings. The lowest BCUT2D eigenvalue weighted by molar-refractivity contribution is 0.0624. The monoisotopic (exact) mass is 382 g/mol. The average molecular weight is 383 g/mol. The van der Waals surface area contributed by atoms with E-state index in [1.165, 1.54) is 11.8 Å². The molecule has 25 heavy (non-hydrogen) atoms. The van der Waals surface area contributed by atoms with Gasteiger partial charge in [-0.05, 0) is 42.8 Å². The van der Waals surface area contributed by atoms with E-state index < -0.39 is 28.9 Å². The number of hydrogen-bond acceptors (Lipinski definition) is 3. The fraction of sp³-hybridized carbons (Fsp3) is 0.263. The standard InChI is InChI=1S/C19H17ClF2O2S/c1-2-3-16(23)13-10-24-18-15(22)9-8-14(21)17(18)19(13)25-12-6-4-11(20)5-7-12/h2,4-9,13,16,19,23H,1,3,10H2/t13-,16+,19-/m1/s1. The van der Waals surface area contributed by atoms with Crippen LogP contribution in [0.4, 0.5) is 8.78 Å². The van der Waals surface area contributed by atoms with E-state index in [1.807, 2.05) is 12.1 Å². The van der Waals surface area contributed by atoms with Crippen LogP contribution in [0.15, 0.2) is 53.9 Å². The zero-order valence-corrected chi connectivity index (χ0v) is 14.9. The van der Waals surface area contributed by atoms with E-state index >= 15 is 0 Å². The summed E-state index contributed by atoms with van der Waals surface area (Å²) in [5.74, 6) is -1.62. The molecule has 0 saturated carbocycles. The van der Waals surface area contributed by atoms with E-state index in [4.69, 9.17) is 16.3 Å². The van der Waals surface area contributed by atoms with E-state index in [-0.39, 0.29) is 17.9 Å². The molecule has 6 heteroatoms. The largest absolute Gasteiger partial charge is 0.490 e. The van der Waals surface area contributed by atoms with Crippen molar-refractivity contribution < 1.29 is 18.6 Å². The second-order valence-electron chi connectivity index (χ2n) is 5.83. The van der Waals surface area contributed by atoms with Crippen molar-refractivity contribution in [3.05, 3.63) is 71.3 Å². The first-order valence-corrected chi connectivity index (χ1v) is 9.09. The summed E-state index contributed by atoms with van der Waals surface area (Å²) in [7, 11) is 0. The van der Waals surface area contributed by atoms with Gasteiger partial charge in [0.2, 0.25) is 0 Å². The first-order chi connectivity index (χ1) is 12.0. The molecule has 132 valence electrons. The SMILES string of the molecule is C=CC[C@H](O)[C@H]1COc2c(F)ccc(F)c2[C@@H]1Sc1ccc(Cl)cc1. The van der Waals surface area contributed by atoms with Gasteiger partial charge in [0.05, 0.1) is 12.7 Å². The Kier molecular flexibility index (Phi) is 5.67. The van der Waals surface area contributed by atoms with Gasteiger partial charge in [-0.3, -0.25) is 0 Å². The molecule has 0 spiro atoms. The van der Waals surface area contributed by atoms with Crippen LogP contribution in [0.5, 0.6) is 5.75 Å². The fourth-order valence-corrected chi connectivity index (χ4v) is 4.39. The lowest BCUT2D eigenvalue weighted by Crippen LogP contribution is -2.34. The Balaban J connectivity index is 2.02. The van der Waals surface area contributed by atoms with Gasteiger partial charge in [-0.25, -0.2) is 8.78 Å². The quantitative estimate of drug-likeness (QED) is 0.702. The molecule has 0 unspecified atom stereocenters. The van der Waals surface area contributed by atoms with Gasteiger partial charge < -0.3 is 9.84 Å². The van der Waals surface area contributed by atoms with Gasteiger partial charge in [0.15, 0.2) is 11.6 Å². The molecule has 0 radical (unpaired) electrons. The molecule has 2 aromatic rings. The highest BCUT2D eigenvalue weighted by molar-refractivity contribution is 7.99. The van der Waals surface area contributed by atoms with E-state index in [1.54, 1.807) is 18.2 Å². The smallest absolute Gasteiger partial charge is 0.165 e. The van der Waals surface area contributed by atoms with Gasteiger partial charge in [0, 0.05) is 26.6 Å². The molecular weight excluding hydrogens is 366 g/mol. The van der Waals surface area contributed by atoms with Crippen LogP contribution in [-0.2, 0) is 0 Å². The van der Waals surface area contributed by atoms with Crippen molar-refractivity contribution in [2.24, 2.45) is 5.92 Å². The molecule has 3 rings (SSSR count). The number of fused-ring (bicyclic) bond motifs is 1. The molecule has 1 aliphatic rings. The normalized spacial score (nSPS) is 20.5. The van der Waals surface area contributed by atoms with E-state index in [9.17, 15) is 13.9 Å². The molecule has 0 aromatic heterocycles. The molecule has 1 aliphatic heterocycles. The zero-order chi connectivity index (χ0) is 18.0. The first kappa shape index (κ1) is 18.2. The zero-order valence-electron chi connectivity index (χ0n) is 13.3. The van der Waals surface area contributed by atoms with Crippen molar-refractivity contribution in [1.29, 1.82) is 0 Å². The summed E-state index contributed by atoms with van der Waals surface area (Å²) in [4.78, 5) is 0.849. The van der Waals surface area contributed by atoms with Crippen LogP contribution in [-0.4, -0.2) is 17.8 Å². The first-order valence-electron chi connectivity index (χ1n) is 7.83. The van der Waals surface area contributed by atoms with Crippen LogP contribution in [0.3, 0.4) is 0 Å². The fourth-order valence-electron chi connectivity index (χ4n) is 2.91. The Hall–Kier alpha value is -1.56. The van der Waals surface area contributed by atoms with Gasteiger partial charge in [-0.1, -0.05) is 17.7 Å². The lowest BCUT2D eigenvalue weighted by atomic mass is 9.89. The predicted octanol–water partition coefficient (Wildman–Crippen LogP) is 5.40. The third-order valence-electron chi connectivity index (χ3n) is 4.17. The van der Waals surface area contributed by atoms with E-state index in [2.05, 4.69) is 6.58 Å². The molecule has 1 N–H and O–H groups in total. The number of hydrogen-bond donors (Lipinski definition) is 1. The molecule has 2 aromatic carbocycles. The van der Waals surface area contributed by atoms with Crippen LogP contribution in [0.25, 0.3) is 0 Å². The van der Waals surface area contributed by atoms with Gasteiger partial charge in [0.25, 0.3) is 0 Å². The molecule has 0 bridgehead atoms. The summed E-state index contributed by atoms with van der Waals surface area (Å²) in [6, 6.07) is 9.25. The van der Waals surface area contributed by atoms with Crippen LogP contribution < -0.4 is 4.74 Å². The maximum absolute atomic E-state index is 14.5. The summed E-state index contributed by atoms with van der Waals surface area (Å²) < 4.78 is 34.1. The molecule has 0 amide bonds. The van der Waals surface area contributed by atoms with Crippen LogP contribution in [0.2, 0.25) is 5.02 Å². The number of halogens is 3. The highest BCUT2D eigenvalue weighted by Gasteiger charge is 2.39. The van der Waals surface area contributed by atoms with Crippen molar-refractivity contribution in [1.82, 2.24) is 0 Å². The summed E-state index contributed by atoms with van der Waals surface area (Å²) in [5.41, 5.74) is 0.152. The summed E-state index contributed by atoms with van der Waals surface area (Å²) >= 11 is 7.27. The number of thioether (sulfide) groups is 1. The Morgan fingerprint density at radius 2 is 1.92 bits per heavy atom. The Morgan fingerprint density at radius 1 is 1.24 bits per heavy atom. The minimum atomic E-state index is -0.766. The number of aliphatic hydroxyl groups is 1. The number of benzene rings is 2. The Morgan fingerprint density at radius 3 is 2.60 bits per heavy atom. The highest BCUT2D eigenvalue weighted by atomic mass is 35.5. The van der Waals surface area contributed by atoms with Gasteiger partial charge in [-0.15, -0.1) is 18.3 Å². The van der Waals surface area contributed by atoms with Crippen molar-refractivity contribution in [3.63, 3.8) is 0 Å². The molecule has 0 aliphatic carbocycles. The van der Waals surface area contributed by atoms with Crippen LogP contribution >= 0.6 is 23.4 Å². The van der Waals surface area contributed by atoms with Crippen LogP contribution in [0, 0.1) is 17.6 Å². The summed E-state index contributed by atoms with van der Waals surface area (Å²) in [6.45, 7) is 3.74. The van der Waals surface area contributed by atoms with Crippen molar-refractivity contribution in [3.8, 4) is 5.75 Å². The maximum atomic E-state index is 14.5. The van der Waals surface area contributed by atoms with Gasteiger partial charge in [-0.2, -0.15) is 0 Å². The predicted molar refractivity (Wildman–Crippen MR) is 96.2 cm³/mol. The van der Waals surface area contributed by atoms with Crippen LogP contribution in [0.1, 0.15) is 17.2 Å². The molecular formula is C19H17ClF2O2S. The number of aliphatic hydroxyl groups excluding tert-OH is 1. The van der Waals surface area contributed by atoms with Gasteiger partial charge in [0.1, 0.15) is 5.82 Å². The van der Waals surface area contributed by atoms with Crippen molar-refractivity contribution >= 4 is 23.4 Å². The minimum absolute atomic E-state index is 0.0754.